The minimum absolute atomic E-state index is 0.0237. The van der Waals surface area contributed by atoms with E-state index in [0.29, 0.717) is 31.7 Å². The number of hydrogen-bond acceptors (Lipinski definition) is 4. The number of carbonyl (C=O) groups is 3. The molecule has 35 heavy (non-hydrogen) atoms. The molecule has 0 heterocycles. The number of carboxylic acid groups (broad SMARTS) is 1. The van der Waals surface area contributed by atoms with Crippen molar-refractivity contribution >= 4 is 18.0 Å². The van der Waals surface area contributed by atoms with Crippen molar-refractivity contribution in [3.8, 4) is 11.1 Å². The quantitative estimate of drug-likeness (QED) is 0.434. The second-order valence-corrected chi connectivity index (χ2v) is 10.0. The molecule has 7 nitrogen and oxygen atoms in total. The van der Waals surface area contributed by atoms with Gasteiger partial charge in [-0.1, -0.05) is 62.4 Å². The Bertz CT molecular complexity index is 1050. The average molecular weight is 479 g/mol. The SMILES string of the molecule is CC(C)C(CCNC(=O)OCC1c2ccccc2-c2ccccc21)CCC(=O)NC1(C(=O)O)CC1. The van der Waals surface area contributed by atoms with E-state index in [2.05, 4.69) is 48.7 Å². The Morgan fingerprint density at radius 2 is 1.60 bits per heavy atom. The Morgan fingerprint density at radius 3 is 2.14 bits per heavy atom. The lowest BCUT2D eigenvalue weighted by Crippen LogP contribution is -2.43. The normalized spacial score (nSPS) is 16.2. The van der Waals surface area contributed by atoms with Gasteiger partial charge >= 0.3 is 12.1 Å². The van der Waals surface area contributed by atoms with Crippen LogP contribution in [-0.4, -0.2) is 41.8 Å². The summed E-state index contributed by atoms with van der Waals surface area (Å²) in [5.74, 6) is -0.592. The highest BCUT2D eigenvalue weighted by Crippen LogP contribution is 2.44. The average Bonchev–Trinajstić information content (AvgIpc) is 3.55. The van der Waals surface area contributed by atoms with E-state index in [1.807, 2.05) is 24.3 Å². The molecule has 2 aromatic carbocycles. The topological polar surface area (TPSA) is 105 Å². The van der Waals surface area contributed by atoms with Gasteiger partial charge in [-0.15, -0.1) is 0 Å². The van der Waals surface area contributed by atoms with Crippen molar-refractivity contribution in [1.29, 1.82) is 0 Å². The molecule has 1 fully saturated rings. The molecular formula is C28H34N2O5. The van der Waals surface area contributed by atoms with Crippen LogP contribution in [0.15, 0.2) is 48.5 Å². The molecular weight excluding hydrogens is 444 g/mol. The number of aliphatic carboxylic acids is 1. The third-order valence-corrected chi connectivity index (χ3v) is 7.35. The first-order chi connectivity index (χ1) is 16.8. The molecule has 0 radical (unpaired) electrons. The van der Waals surface area contributed by atoms with Crippen molar-refractivity contribution in [2.24, 2.45) is 11.8 Å². The first kappa shape index (κ1) is 24.8. The van der Waals surface area contributed by atoms with Gasteiger partial charge in [0.05, 0.1) is 0 Å². The van der Waals surface area contributed by atoms with E-state index < -0.39 is 17.6 Å². The van der Waals surface area contributed by atoms with E-state index in [1.54, 1.807) is 0 Å². The highest BCUT2D eigenvalue weighted by atomic mass is 16.5. The maximum absolute atomic E-state index is 12.4. The number of amides is 2. The van der Waals surface area contributed by atoms with Gasteiger partial charge in [-0.05, 0) is 59.8 Å². The third-order valence-electron chi connectivity index (χ3n) is 7.35. The van der Waals surface area contributed by atoms with Crippen LogP contribution in [0.5, 0.6) is 0 Å². The van der Waals surface area contributed by atoms with Gasteiger partial charge in [0.25, 0.3) is 0 Å². The number of carbonyl (C=O) groups excluding carboxylic acids is 2. The van der Waals surface area contributed by atoms with E-state index in [9.17, 15) is 19.5 Å². The first-order valence-electron chi connectivity index (χ1n) is 12.4. The summed E-state index contributed by atoms with van der Waals surface area (Å²) in [4.78, 5) is 35.9. The summed E-state index contributed by atoms with van der Waals surface area (Å²) >= 11 is 0. The van der Waals surface area contributed by atoms with E-state index in [4.69, 9.17) is 4.74 Å². The molecule has 186 valence electrons. The fraction of sp³-hybridized carbons (Fsp3) is 0.464. The summed E-state index contributed by atoms with van der Waals surface area (Å²) in [5, 5.41) is 14.7. The Morgan fingerprint density at radius 1 is 1.00 bits per heavy atom. The van der Waals surface area contributed by atoms with Crippen molar-refractivity contribution in [1.82, 2.24) is 10.6 Å². The zero-order valence-corrected chi connectivity index (χ0v) is 20.4. The van der Waals surface area contributed by atoms with Crippen molar-refractivity contribution < 1.29 is 24.2 Å². The molecule has 1 unspecified atom stereocenters. The molecule has 1 atom stereocenters. The lowest BCUT2D eigenvalue weighted by Gasteiger charge is -2.21. The van der Waals surface area contributed by atoms with Crippen molar-refractivity contribution in [3.63, 3.8) is 0 Å². The van der Waals surface area contributed by atoms with Crippen LogP contribution in [-0.2, 0) is 14.3 Å². The second-order valence-electron chi connectivity index (χ2n) is 10.0. The van der Waals surface area contributed by atoms with Gasteiger partial charge in [0, 0.05) is 18.9 Å². The van der Waals surface area contributed by atoms with Gasteiger partial charge in [-0.25, -0.2) is 9.59 Å². The molecule has 2 amide bonds. The van der Waals surface area contributed by atoms with Gasteiger partial charge in [0.2, 0.25) is 5.91 Å². The molecule has 0 aliphatic heterocycles. The Hall–Kier alpha value is -3.35. The molecule has 7 heteroatoms. The molecule has 2 aromatic rings. The molecule has 2 aliphatic carbocycles. The monoisotopic (exact) mass is 478 g/mol. The summed E-state index contributed by atoms with van der Waals surface area (Å²) in [6.07, 6.45) is 2.19. The molecule has 0 saturated heterocycles. The molecule has 2 aliphatic rings. The van der Waals surface area contributed by atoms with Crippen LogP contribution in [0, 0.1) is 11.8 Å². The maximum atomic E-state index is 12.4. The predicted octanol–water partition coefficient (Wildman–Crippen LogP) is 4.70. The highest BCUT2D eigenvalue weighted by molar-refractivity contribution is 5.89. The zero-order valence-electron chi connectivity index (χ0n) is 20.4. The number of hydrogen-bond donors (Lipinski definition) is 3. The van der Waals surface area contributed by atoms with E-state index in [1.165, 1.54) is 22.3 Å². The smallest absolute Gasteiger partial charge is 0.407 e. The van der Waals surface area contributed by atoms with Crippen molar-refractivity contribution in [2.45, 2.75) is 57.4 Å². The molecule has 3 N–H and O–H groups in total. The van der Waals surface area contributed by atoms with Gasteiger partial charge in [-0.3, -0.25) is 4.79 Å². The second kappa shape index (κ2) is 10.5. The van der Waals surface area contributed by atoms with Crippen LogP contribution in [0.2, 0.25) is 0 Å². The number of fused-ring (bicyclic) bond motifs is 3. The van der Waals surface area contributed by atoms with Gasteiger partial charge < -0.3 is 20.5 Å². The number of nitrogens with one attached hydrogen (secondary N) is 2. The van der Waals surface area contributed by atoms with Gasteiger partial charge in [0.1, 0.15) is 12.1 Å². The Labute approximate surface area is 206 Å². The summed E-state index contributed by atoms with van der Waals surface area (Å²) in [6, 6.07) is 16.5. The van der Waals surface area contributed by atoms with E-state index in [-0.39, 0.29) is 30.8 Å². The number of rotatable bonds is 11. The standard InChI is InChI=1S/C28H34N2O5/c1-18(2)19(11-12-25(31)30-28(14-15-28)26(32)33)13-16-29-27(34)35-17-24-22-9-5-3-7-20(22)21-8-4-6-10-23(21)24/h3-10,18-19,24H,11-17H2,1-2H3,(H,29,34)(H,30,31)(H,32,33). The summed E-state index contributed by atoms with van der Waals surface area (Å²) in [5.41, 5.74) is 3.69. The number of carboxylic acids is 1. The minimum atomic E-state index is -1.05. The third kappa shape index (κ3) is 5.66. The van der Waals surface area contributed by atoms with Crippen LogP contribution in [0.25, 0.3) is 11.1 Å². The van der Waals surface area contributed by atoms with Crippen LogP contribution in [0.4, 0.5) is 4.79 Å². The summed E-state index contributed by atoms with van der Waals surface area (Å²) in [6.45, 7) is 4.92. The van der Waals surface area contributed by atoms with Crippen LogP contribution < -0.4 is 10.6 Å². The van der Waals surface area contributed by atoms with Crippen LogP contribution in [0.1, 0.15) is 63.0 Å². The van der Waals surface area contributed by atoms with Crippen molar-refractivity contribution in [3.05, 3.63) is 59.7 Å². The first-order valence-corrected chi connectivity index (χ1v) is 12.4. The molecule has 1 saturated carbocycles. The van der Waals surface area contributed by atoms with E-state index in [0.717, 1.165) is 6.42 Å². The Balaban J connectivity index is 1.22. The lowest BCUT2D eigenvalue weighted by atomic mass is 9.88. The molecule has 0 bridgehead atoms. The fourth-order valence-electron chi connectivity index (χ4n) is 4.98. The van der Waals surface area contributed by atoms with Gasteiger partial charge in [-0.2, -0.15) is 0 Å². The predicted molar refractivity (Wildman–Crippen MR) is 133 cm³/mol. The molecule has 0 aromatic heterocycles. The number of benzene rings is 2. The minimum Gasteiger partial charge on any atom is -0.480 e. The molecule has 0 spiro atoms. The Kier molecular flexibility index (Phi) is 7.43. The van der Waals surface area contributed by atoms with Crippen molar-refractivity contribution in [2.75, 3.05) is 13.2 Å². The largest absolute Gasteiger partial charge is 0.480 e. The maximum Gasteiger partial charge on any atom is 0.407 e. The summed E-state index contributed by atoms with van der Waals surface area (Å²) in [7, 11) is 0. The van der Waals surface area contributed by atoms with Crippen LogP contribution >= 0.6 is 0 Å². The fourth-order valence-corrected chi connectivity index (χ4v) is 4.98. The molecule has 4 rings (SSSR count). The highest BCUT2D eigenvalue weighted by Gasteiger charge is 2.51. The van der Waals surface area contributed by atoms with Crippen LogP contribution in [0.3, 0.4) is 0 Å². The number of ether oxygens (including phenoxy) is 1. The number of alkyl carbamates (subject to hydrolysis) is 1. The van der Waals surface area contributed by atoms with E-state index >= 15 is 0 Å². The lowest BCUT2D eigenvalue weighted by molar-refractivity contribution is -0.143. The summed E-state index contributed by atoms with van der Waals surface area (Å²) < 4.78 is 5.59. The van der Waals surface area contributed by atoms with Gasteiger partial charge in [0.15, 0.2) is 0 Å². The zero-order chi connectivity index (χ0) is 25.0.